The monoisotopic (exact) mass is 212 g/mol. The molecule has 0 saturated heterocycles. The van der Waals surface area contributed by atoms with Gasteiger partial charge in [-0.15, -0.1) is 0 Å². The molecule has 1 unspecified atom stereocenters. The number of nitrogens with zero attached hydrogens (tertiary/aromatic N) is 1. The Bertz CT molecular complexity index is 157. The van der Waals surface area contributed by atoms with Gasteiger partial charge in [-0.05, 0) is 20.4 Å². The van der Waals surface area contributed by atoms with Gasteiger partial charge in [0.05, 0.1) is 5.92 Å². The van der Waals surface area contributed by atoms with Crippen LogP contribution in [0, 0.1) is 5.92 Å². The lowest BCUT2D eigenvalue weighted by Crippen LogP contribution is -2.43. The van der Waals surface area contributed by atoms with Gasteiger partial charge in [0.2, 0.25) is 0 Å². The standard InChI is InChI=1S/C9H19F3N2/c1-4-14(7(2)3)6-8(5-13)9(10,11)12/h7-8H,4-6,13H2,1-3H3. The molecule has 1 atom stereocenters. The quantitative estimate of drug-likeness (QED) is 0.753. The van der Waals surface area contributed by atoms with E-state index in [1.54, 1.807) is 4.90 Å². The predicted octanol–water partition coefficient (Wildman–Crippen LogP) is 1.85. The molecule has 0 rings (SSSR count). The van der Waals surface area contributed by atoms with Crippen molar-refractivity contribution in [3.63, 3.8) is 0 Å². The molecule has 0 radical (unpaired) electrons. The van der Waals surface area contributed by atoms with Crippen molar-refractivity contribution in [1.29, 1.82) is 0 Å². The first-order chi connectivity index (χ1) is 6.32. The SMILES string of the molecule is CCN(CC(CN)C(F)(F)F)C(C)C. The molecule has 0 saturated carbocycles. The zero-order valence-corrected chi connectivity index (χ0v) is 8.93. The minimum Gasteiger partial charge on any atom is -0.330 e. The van der Waals surface area contributed by atoms with Crippen LogP contribution in [0.2, 0.25) is 0 Å². The molecule has 0 amide bonds. The second-order valence-corrected chi connectivity index (χ2v) is 3.66. The van der Waals surface area contributed by atoms with Gasteiger partial charge in [-0.1, -0.05) is 6.92 Å². The predicted molar refractivity (Wildman–Crippen MR) is 51.0 cm³/mol. The van der Waals surface area contributed by atoms with Gasteiger partial charge in [0, 0.05) is 19.1 Å². The second-order valence-electron chi connectivity index (χ2n) is 3.66. The van der Waals surface area contributed by atoms with E-state index in [1.807, 2.05) is 20.8 Å². The van der Waals surface area contributed by atoms with Crippen molar-refractivity contribution in [1.82, 2.24) is 4.90 Å². The van der Waals surface area contributed by atoms with E-state index in [9.17, 15) is 13.2 Å². The van der Waals surface area contributed by atoms with Crippen LogP contribution in [0.25, 0.3) is 0 Å². The molecule has 86 valence electrons. The van der Waals surface area contributed by atoms with E-state index in [1.165, 1.54) is 0 Å². The van der Waals surface area contributed by atoms with Gasteiger partial charge < -0.3 is 10.6 Å². The third kappa shape index (κ3) is 4.28. The van der Waals surface area contributed by atoms with Crippen LogP contribution in [0.15, 0.2) is 0 Å². The van der Waals surface area contributed by atoms with E-state index >= 15 is 0 Å². The first-order valence-electron chi connectivity index (χ1n) is 4.83. The number of hydrogen-bond donors (Lipinski definition) is 1. The van der Waals surface area contributed by atoms with Crippen LogP contribution >= 0.6 is 0 Å². The van der Waals surface area contributed by atoms with Gasteiger partial charge in [-0.3, -0.25) is 0 Å². The molecule has 0 aliphatic rings. The van der Waals surface area contributed by atoms with E-state index in [2.05, 4.69) is 0 Å². The van der Waals surface area contributed by atoms with E-state index in [0.717, 1.165) is 0 Å². The Morgan fingerprint density at radius 3 is 2.00 bits per heavy atom. The summed E-state index contributed by atoms with van der Waals surface area (Å²) in [5, 5.41) is 0. The molecule has 0 aliphatic heterocycles. The van der Waals surface area contributed by atoms with Gasteiger partial charge in [0.1, 0.15) is 0 Å². The Labute approximate surface area is 83.3 Å². The first kappa shape index (κ1) is 13.7. The average molecular weight is 212 g/mol. The Morgan fingerprint density at radius 2 is 1.79 bits per heavy atom. The lowest BCUT2D eigenvalue weighted by atomic mass is 10.1. The van der Waals surface area contributed by atoms with Crippen molar-refractivity contribution in [3.8, 4) is 0 Å². The van der Waals surface area contributed by atoms with E-state index < -0.39 is 12.1 Å². The maximum atomic E-state index is 12.4. The fraction of sp³-hybridized carbons (Fsp3) is 1.00. The molecule has 0 aromatic carbocycles. The normalized spacial score (nSPS) is 15.2. The first-order valence-corrected chi connectivity index (χ1v) is 4.83. The average Bonchev–Trinajstić information content (AvgIpc) is 2.03. The molecule has 2 nitrogen and oxygen atoms in total. The van der Waals surface area contributed by atoms with Gasteiger partial charge >= 0.3 is 6.18 Å². The Balaban J connectivity index is 4.29. The molecule has 0 fully saturated rings. The van der Waals surface area contributed by atoms with Gasteiger partial charge in [-0.25, -0.2) is 0 Å². The van der Waals surface area contributed by atoms with E-state index in [0.29, 0.717) is 6.54 Å². The fourth-order valence-corrected chi connectivity index (χ4v) is 1.30. The van der Waals surface area contributed by atoms with E-state index in [4.69, 9.17) is 5.73 Å². The van der Waals surface area contributed by atoms with Crippen molar-refractivity contribution in [2.75, 3.05) is 19.6 Å². The molecule has 0 spiro atoms. The second kappa shape index (κ2) is 5.56. The Hall–Kier alpha value is -0.290. The molecule has 5 heteroatoms. The summed E-state index contributed by atoms with van der Waals surface area (Å²) in [6.07, 6.45) is -4.18. The highest BCUT2D eigenvalue weighted by molar-refractivity contribution is 4.74. The largest absolute Gasteiger partial charge is 0.394 e. The number of nitrogens with two attached hydrogens (primary N) is 1. The van der Waals surface area contributed by atoms with Crippen LogP contribution < -0.4 is 5.73 Å². The number of rotatable bonds is 5. The van der Waals surface area contributed by atoms with Crippen molar-refractivity contribution < 1.29 is 13.2 Å². The summed E-state index contributed by atoms with van der Waals surface area (Å²) < 4.78 is 37.1. The summed E-state index contributed by atoms with van der Waals surface area (Å²) in [5.41, 5.74) is 5.12. The van der Waals surface area contributed by atoms with Crippen molar-refractivity contribution in [3.05, 3.63) is 0 Å². The third-order valence-corrected chi connectivity index (χ3v) is 2.34. The van der Waals surface area contributed by atoms with Crippen LogP contribution in [0.4, 0.5) is 13.2 Å². The highest BCUT2D eigenvalue weighted by atomic mass is 19.4. The van der Waals surface area contributed by atoms with Gasteiger partial charge in [0.15, 0.2) is 0 Å². The summed E-state index contributed by atoms with van der Waals surface area (Å²) in [6.45, 7) is 5.88. The minimum absolute atomic E-state index is 0.00579. The maximum absolute atomic E-state index is 12.4. The Morgan fingerprint density at radius 1 is 1.29 bits per heavy atom. The smallest absolute Gasteiger partial charge is 0.330 e. The topological polar surface area (TPSA) is 29.3 Å². The van der Waals surface area contributed by atoms with Crippen LogP contribution in [0.5, 0.6) is 0 Å². The highest BCUT2D eigenvalue weighted by Crippen LogP contribution is 2.26. The van der Waals surface area contributed by atoms with Gasteiger partial charge in [0.25, 0.3) is 0 Å². The highest BCUT2D eigenvalue weighted by Gasteiger charge is 2.39. The summed E-state index contributed by atoms with van der Waals surface area (Å²) in [5.74, 6) is -1.41. The summed E-state index contributed by atoms with van der Waals surface area (Å²) >= 11 is 0. The molecule has 0 aromatic heterocycles. The van der Waals surface area contributed by atoms with Crippen LogP contribution in [0.3, 0.4) is 0 Å². The van der Waals surface area contributed by atoms with Crippen LogP contribution in [0.1, 0.15) is 20.8 Å². The molecule has 2 N–H and O–H groups in total. The summed E-state index contributed by atoms with van der Waals surface area (Å²) in [4.78, 5) is 1.77. The Kier molecular flexibility index (Phi) is 5.44. The molecule has 0 bridgehead atoms. The van der Waals surface area contributed by atoms with Crippen molar-refractivity contribution in [2.24, 2.45) is 11.7 Å². The van der Waals surface area contributed by atoms with Gasteiger partial charge in [-0.2, -0.15) is 13.2 Å². The summed E-state index contributed by atoms with van der Waals surface area (Å²) in [6, 6.07) is 0.122. The van der Waals surface area contributed by atoms with E-state index in [-0.39, 0.29) is 19.1 Å². The van der Waals surface area contributed by atoms with Crippen molar-refractivity contribution in [2.45, 2.75) is 33.0 Å². The number of hydrogen-bond acceptors (Lipinski definition) is 2. The molecule has 0 heterocycles. The molecule has 14 heavy (non-hydrogen) atoms. The van der Waals surface area contributed by atoms with Crippen LogP contribution in [-0.4, -0.2) is 36.8 Å². The summed E-state index contributed by atoms with van der Waals surface area (Å²) in [7, 11) is 0. The maximum Gasteiger partial charge on any atom is 0.394 e. The lowest BCUT2D eigenvalue weighted by Gasteiger charge is -2.29. The number of halogens is 3. The minimum atomic E-state index is -4.18. The molecule has 0 aliphatic carbocycles. The van der Waals surface area contributed by atoms with Crippen molar-refractivity contribution >= 4 is 0 Å². The number of alkyl halides is 3. The third-order valence-electron chi connectivity index (χ3n) is 2.34. The fourth-order valence-electron chi connectivity index (χ4n) is 1.30. The van der Waals surface area contributed by atoms with Crippen LogP contribution in [-0.2, 0) is 0 Å². The zero-order chi connectivity index (χ0) is 11.4. The lowest BCUT2D eigenvalue weighted by molar-refractivity contribution is -0.177. The molecular weight excluding hydrogens is 193 g/mol. The molecule has 0 aromatic rings. The zero-order valence-electron chi connectivity index (χ0n) is 8.93. The molecular formula is C9H19F3N2.